The maximum Gasteiger partial charge on any atom is 0.315 e. The molecule has 0 atom stereocenters. The second-order valence-electron chi connectivity index (χ2n) is 3.92. The lowest BCUT2D eigenvalue weighted by Gasteiger charge is -2.06. The number of ether oxygens (including phenoxy) is 1. The van der Waals surface area contributed by atoms with Gasteiger partial charge in [-0.25, -0.2) is 13.6 Å². The summed E-state index contributed by atoms with van der Waals surface area (Å²) in [5.74, 6) is -0.470. The van der Waals surface area contributed by atoms with Gasteiger partial charge in [0, 0.05) is 5.69 Å². The Kier molecular flexibility index (Phi) is 6.66. The molecular formula is C12H16N2O5S2. The van der Waals surface area contributed by atoms with Gasteiger partial charge in [-0.2, -0.15) is 0 Å². The number of carbonyl (C=O) groups excluding carboxylic acids is 2. The Morgan fingerprint density at radius 2 is 1.86 bits per heavy atom. The van der Waals surface area contributed by atoms with E-state index < -0.39 is 10.0 Å². The summed E-state index contributed by atoms with van der Waals surface area (Å²) in [6.45, 7) is 2.02. The van der Waals surface area contributed by atoms with Crippen LogP contribution >= 0.6 is 11.8 Å². The van der Waals surface area contributed by atoms with E-state index >= 15 is 0 Å². The van der Waals surface area contributed by atoms with Gasteiger partial charge < -0.3 is 10.1 Å². The van der Waals surface area contributed by atoms with Crippen molar-refractivity contribution in [3.8, 4) is 0 Å². The van der Waals surface area contributed by atoms with E-state index in [1.54, 1.807) is 6.92 Å². The van der Waals surface area contributed by atoms with E-state index in [0.717, 1.165) is 11.8 Å². The van der Waals surface area contributed by atoms with Gasteiger partial charge in [-0.15, -0.1) is 11.8 Å². The molecule has 116 valence electrons. The van der Waals surface area contributed by atoms with Crippen LogP contribution in [0.3, 0.4) is 0 Å². The number of amides is 1. The molecule has 0 spiro atoms. The van der Waals surface area contributed by atoms with Crippen molar-refractivity contribution in [2.24, 2.45) is 5.14 Å². The zero-order valence-electron chi connectivity index (χ0n) is 11.4. The lowest BCUT2D eigenvalue weighted by Crippen LogP contribution is -2.16. The summed E-state index contributed by atoms with van der Waals surface area (Å²) in [5.41, 5.74) is 0.448. The standard InChI is InChI=1S/C12H16N2O5S2/c1-2-19-12(16)8-20-7-11(15)14-9-3-5-10(6-4-9)21(13,17)18/h3-6H,2,7-8H2,1H3,(H,14,15)(H2,13,17,18). The molecule has 0 heterocycles. The summed E-state index contributed by atoms with van der Waals surface area (Å²) in [6.07, 6.45) is 0. The first-order valence-electron chi connectivity index (χ1n) is 5.99. The van der Waals surface area contributed by atoms with Gasteiger partial charge in [-0.05, 0) is 31.2 Å². The number of anilines is 1. The molecule has 0 aliphatic carbocycles. The van der Waals surface area contributed by atoms with Crippen molar-refractivity contribution in [3.05, 3.63) is 24.3 Å². The Labute approximate surface area is 127 Å². The van der Waals surface area contributed by atoms with Crippen LogP contribution in [0.25, 0.3) is 0 Å². The molecule has 0 aliphatic heterocycles. The lowest BCUT2D eigenvalue weighted by molar-refractivity contribution is -0.139. The molecule has 3 N–H and O–H groups in total. The number of nitrogens with two attached hydrogens (primary N) is 1. The molecule has 0 unspecified atom stereocenters. The van der Waals surface area contributed by atoms with Gasteiger partial charge >= 0.3 is 5.97 Å². The molecule has 0 aliphatic rings. The fraction of sp³-hybridized carbons (Fsp3) is 0.333. The first-order valence-corrected chi connectivity index (χ1v) is 8.69. The largest absolute Gasteiger partial charge is 0.465 e. The number of hydrogen-bond acceptors (Lipinski definition) is 6. The second kappa shape index (κ2) is 8.01. The van der Waals surface area contributed by atoms with Crippen molar-refractivity contribution in [1.82, 2.24) is 0 Å². The van der Waals surface area contributed by atoms with E-state index in [1.165, 1.54) is 24.3 Å². The molecule has 7 nitrogen and oxygen atoms in total. The molecule has 0 radical (unpaired) electrons. The number of hydrogen-bond donors (Lipinski definition) is 2. The number of sulfonamides is 1. The highest BCUT2D eigenvalue weighted by atomic mass is 32.2. The van der Waals surface area contributed by atoms with Crippen LogP contribution in [0.5, 0.6) is 0 Å². The molecule has 0 saturated heterocycles. The van der Waals surface area contributed by atoms with Crippen molar-refractivity contribution < 1.29 is 22.7 Å². The van der Waals surface area contributed by atoms with Crippen LogP contribution in [-0.2, 0) is 24.3 Å². The first-order chi connectivity index (χ1) is 9.82. The van der Waals surface area contributed by atoms with Gasteiger partial charge in [0.15, 0.2) is 0 Å². The number of thioether (sulfide) groups is 1. The van der Waals surface area contributed by atoms with Gasteiger partial charge in [0.25, 0.3) is 0 Å². The minimum Gasteiger partial charge on any atom is -0.465 e. The predicted molar refractivity (Wildman–Crippen MR) is 80.4 cm³/mol. The monoisotopic (exact) mass is 332 g/mol. The van der Waals surface area contributed by atoms with Crippen molar-refractivity contribution in [3.63, 3.8) is 0 Å². The summed E-state index contributed by atoms with van der Waals surface area (Å²) in [5, 5.41) is 7.54. The smallest absolute Gasteiger partial charge is 0.315 e. The Balaban J connectivity index is 2.43. The highest BCUT2D eigenvalue weighted by Gasteiger charge is 2.09. The summed E-state index contributed by atoms with van der Waals surface area (Å²) in [7, 11) is -3.75. The van der Waals surface area contributed by atoms with E-state index in [2.05, 4.69) is 5.32 Å². The van der Waals surface area contributed by atoms with E-state index in [9.17, 15) is 18.0 Å². The third kappa shape index (κ3) is 6.61. The summed E-state index contributed by atoms with van der Waals surface area (Å²) in [4.78, 5) is 22.6. The molecule has 21 heavy (non-hydrogen) atoms. The summed E-state index contributed by atoms with van der Waals surface area (Å²) < 4.78 is 26.9. The van der Waals surface area contributed by atoms with Crippen LogP contribution < -0.4 is 10.5 Å². The Bertz CT molecular complexity index is 599. The van der Waals surface area contributed by atoms with E-state index in [1.807, 2.05) is 0 Å². The SMILES string of the molecule is CCOC(=O)CSCC(=O)Nc1ccc(S(N)(=O)=O)cc1. The molecule has 0 fully saturated rings. The molecule has 9 heteroatoms. The predicted octanol–water partition coefficient (Wildman–Crippen LogP) is 0.569. The number of nitrogens with one attached hydrogen (secondary N) is 1. The average Bonchev–Trinajstić information content (AvgIpc) is 2.38. The topological polar surface area (TPSA) is 116 Å². The van der Waals surface area contributed by atoms with Crippen molar-refractivity contribution >= 4 is 39.3 Å². The zero-order valence-corrected chi connectivity index (χ0v) is 13.0. The minimum absolute atomic E-state index is 0.0304. The number of benzene rings is 1. The van der Waals surface area contributed by atoms with Crippen LogP contribution in [0.2, 0.25) is 0 Å². The Morgan fingerprint density at radius 3 is 2.38 bits per heavy atom. The quantitative estimate of drug-likeness (QED) is 0.705. The van der Waals surface area contributed by atoms with Gasteiger partial charge in [-0.3, -0.25) is 9.59 Å². The van der Waals surface area contributed by atoms with Crippen LogP contribution in [0.4, 0.5) is 5.69 Å². The van der Waals surface area contributed by atoms with Crippen molar-refractivity contribution in [2.45, 2.75) is 11.8 Å². The van der Waals surface area contributed by atoms with E-state index in [-0.39, 0.29) is 28.3 Å². The molecule has 1 amide bonds. The molecule has 0 bridgehead atoms. The summed E-state index contributed by atoms with van der Waals surface area (Å²) >= 11 is 1.13. The van der Waals surface area contributed by atoms with Gasteiger partial charge in [0.1, 0.15) is 0 Å². The zero-order chi connectivity index (χ0) is 15.9. The van der Waals surface area contributed by atoms with Gasteiger partial charge in [-0.1, -0.05) is 0 Å². The molecule has 1 aromatic carbocycles. The fourth-order valence-corrected chi connectivity index (χ4v) is 2.48. The average molecular weight is 332 g/mol. The number of carbonyl (C=O) groups is 2. The van der Waals surface area contributed by atoms with Gasteiger partial charge in [0.05, 0.1) is 23.0 Å². The van der Waals surface area contributed by atoms with Crippen molar-refractivity contribution in [2.75, 3.05) is 23.4 Å². The molecule has 0 saturated carbocycles. The first kappa shape index (κ1) is 17.5. The molecule has 0 aromatic heterocycles. The Morgan fingerprint density at radius 1 is 1.24 bits per heavy atom. The normalized spacial score (nSPS) is 11.0. The van der Waals surface area contributed by atoms with E-state index in [4.69, 9.17) is 9.88 Å². The fourth-order valence-electron chi connectivity index (χ4n) is 1.35. The van der Waals surface area contributed by atoms with Crippen LogP contribution in [-0.4, -0.2) is 38.4 Å². The van der Waals surface area contributed by atoms with Gasteiger partial charge in [0.2, 0.25) is 15.9 Å². The summed E-state index contributed by atoms with van der Waals surface area (Å²) in [6, 6.07) is 5.48. The highest BCUT2D eigenvalue weighted by molar-refractivity contribution is 8.00. The Hall–Kier alpha value is -1.58. The van der Waals surface area contributed by atoms with Crippen LogP contribution in [0.1, 0.15) is 6.92 Å². The third-order valence-corrected chi connectivity index (χ3v) is 4.06. The van der Waals surface area contributed by atoms with Crippen molar-refractivity contribution in [1.29, 1.82) is 0 Å². The van der Waals surface area contributed by atoms with Crippen LogP contribution in [0.15, 0.2) is 29.2 Å². The molecular weight excluding hydrogens is 316 g/mol. The third-order valence-electron chi connectivity index (χ3n) is 2.23. The minimum atomic E-state index is -3.75. The highest BCUT2D eigenvalue weighted by Crippen LogP contribution is 2.13. The van der Waals surface area contributed by atoms with E-state index in [0.29, 0.717) is 12.3 Å². The molecule has 1 rings (SSSR count). The lowest BCUT2D eigenvalue weighted by atomic mass is 10.3. The maximum absolute atomic E-state index is 11.6. The van der Waals surface area contributed by atoms with Crippen LogP contribution in [0, 0.1) is 0 Å². The number of primary sulfonamides is 1. The maximum atomic E-state index is 11.6. The molecule has 1 aromatic rings. The second-order valence-corrected chi connectivity index (χ2v) is 6.46. The number of esters is 1. The number of rotatable bonds is 7.